The number of esters is 1. The highest BCUT2D eigenvalue weighted by Crippen LogP contribution is 2.34. The Kier molecular flexibility index (Phi) is 6.69. The third-order valence-electron chi connectivity index (χ3n) is 5.03. The Labute approximate surface area is 194 Å². The minimum absolute atomic E-state index is 0.0222. The van der Waals surface area contributed by atoms with Crippen LogP contribution in [0.25, 0.3) is 10.6 Å². The van der Waals surface area contributed by atoms with Crippen LogP contribution >= 0.6 is 11.3 Å². The molecule has 3 aromatic rings. The van der Waals surface area contributed by atoms with Crippen LogP contribution in [0.15, 0.2) is 47.8 Å². The zero-order valence-electron chi connectivity index (χ0n) is 18.2. The SMILES string of the molecule is CCOc1ccc(-c2nc(COC(=O)c3ccc(N4C(=O)CCC4=O)cc3)cs2)cc1OC. The topological polar surface area (TPSA) is 95.0 Å². The summed E-state index contributed by atoms with van der Waals surface area (Å²) in [7, 11) is 1.59. The summed E-state index contributed by atoms with van der Waals surface area (Å²) in [5.41, 5.74) is 2.28. The number of ether oxygens (including phenoxy) is 3. The van der Waals surface area contributed by atoms with Crippen LogP contribution < -0.4 is 14.4 Å². The van der Waals surface area contributed by atoms with Crippen LogP contribution in [-0.2, 0) is 20.9 Å². The second-order valence-electron chi connectivity index (χ2n) is 7.19. The van der Waals surface area contributed by atoms with E-state index in [0.717, 1.165) is 15.5 Å². The summed E-state index contributed by atoms with van der Waals surface area (Å²) in [5.74, 6) is 0.301. The molecule has 1 aromatic heterocycles. The number of aromatic nitrogens is 1. The summed E-state index contributed by atoms with van der Waals surface area (Å²) in [4.78, 5) is 41.8. The molecule has 1 saturated heterocycles. The number of benzene rings is 2. The molecule has 2 amide bonds. The van der Waals surface area contributed by atoms with Gasteiger partial charge in [-0.15, -0.1) is 11.3 Å². The van der Waals surface area contributed by atoms with Crippen LogP contribution in [0.2, 0.25) is 0 Å². The van der Waals surface area contributed by atoms with Crippen LogP contribution in [-0.4, -0.2) is 36.5 Å². The highest BCUT2D eigenvalue weighted by atomic mass is 32.1. The molecule has 8 nitrogen and oxygen atoms in total. The smallest absolute Gasteiger partial charge is 0.338 e. The molecule has 0 atom stereocenters. The highest BCUT2D eigenvalue weighted by Gasteiger charge is 2.30. The van der Waals surface area contributed by atoms with Crippen molar-refractivity contribution in [2.45, 2.75) is 26.4 Å². The van der Waals surface area contributed by atoms with Crippen molar-refractivity contribution in [2.75, 3.05) is 18.6 Å². The largest absolute Gasteiger partial charge is 0.493 e. The molecular formula is C24H22N2O6S. The first-order chi connectivity index (χ1) is 16.0. The van der Waals surface area contributed by atoms with Gasteiger partial charge in [0.25, 0.3) is 0 Å². The lowest BCUT2D eigenvalue weighted by Crippen LogP contribution is -2.28. The van der Waals surface area contributed by atoms with Gasteiger partial charge in [-0.05, 0) is 49.4 Å². The molecule has 0 spiro atoms. The second kappa shape index (κ2) is 9.83. The van der Waals surface area contributed by atoms with Crippen LogP contribution in [0.5, 0.6) is 11.5 Å². The monoisotopic (exact) mass is 466 g/mol. The van der Waals surface area contributed by atoms with E-state index in [1.807, 2.05) is 30.5 Å². The molecule has 1 aliphatic heterocycles. The molecule has 1 fully saturated rings. The number of anilines is 1. The van der Waals surface area contributed by atoms with Crippen LogP contribution in [0.4, 0.5) is 5.69 Å². The maximum absolute atomic E-state index is 12.4. The molecule has 1 aliphatic rings. The Morgan fingerprint density at radius 2 is 1.79 bits per heavy atom. The van der Waals surface area contributed by atoms with E-state index < -0.39 is 5.97 Å². The average Bonchev–Trinajstić information content (AvgIpc) is 3.44. The fourth-order valence-electron chi connectivity index (χ4n) is 3.42. The van der Waals surface area contributed by atoms with E-state index in [2.05, 4.69) is 4.98 Å². The van der Waals surface area contributed by atoms with Crippen molar-refractivity contribution in [1.82, 2.24) is 4.98 Å². The number of rotatable bonds is 8. The van der Waals surface area contributed by atoms with E-state index in [4.69, 9.17) is 14.2 Å². The van der Waals surface area contributed by atoms with Crippen molar-refractivity contribution in [3.8, 4) is 22.1 Å². The Morgan fingerprint density at radius 3 is 2.45 bits per heavy atom. The van der Waals surface area contributed by atoms with Crippen molar-refractivity contribution in [1.29, 1.82) is 0 Å². The zero-order valence-corrected chi connectivity index (χ0v) is 19.0. The number of thiazole rings is 1. The van der Waals surface area contributed by atoms with Gasteiger partial charge < -0.3 is 14.2 Å². The molecule has 170 valence electrons. The lowest BCUT2D eigenvalue weighted by molar-refractivity contribution is -0.121. The Bertz CT molecular complexity index is 1170. The third kappa shape index (κ3) is 4.88. The van der Waals surface area contributed by atoms with Crippen molar-refractivity contribution in [3.63, 3.8) is 0 Å². The van der Waals surface area contributed by atoms with Crippen LogP contribution in [0, 0.1) is 0 Å². The number of imide groups is 1. The number of nitrogens with zero attached hydrogens (tertiary/aromatic N) is 2. The molecule has 4 rings (SSSR count). The Morgan fingerprint density at radius 1 is 1.06 bits per heavy atom. The summed E-state index contributed by atoms with van der Waals surface area (Å²) in [6.07, 6.45) is 0.420. The maximum atomic E-state index is 12.4. The van der Waals surface area contributed by atoms with E-state index in [-0.39, 0.29) is 31.3 Å². The first-order valence-corrected chi connectivity index (χ1v) is 11.3. The molecule has 0 saturated carbocycles. The average molecular weight is 467 g/mol. The third-order valence-corrected chi connectivity index (χ3v) is 5.97. The van der Waals surface area contributed by atoms with Gasteiger partial charge in [0.1, 0.15) is 11.6 Å². The first kappa shape index (κ1) is 22.5. The van der Waals surface area contributed by atoms with Gasteiger partial charge in [0.2, 0.25) is 11.8 Å². The predicted octanol–water partition coefficient (Wildman–Crippen LogP) is 4.23. The normalized spacial score (nSPS) is 13.3. The summed E-state index contributed by atoms with van der Waals surface area (Å²) >= 11 is 1.44. The molecule has 9 heteroatoms. The van der Waals surface area contributed by atoms with Gasteiger partial charge >= 0.3 is 5.97 Å². The highest BCUT2D eigenvalue weighted by molar-refractivity contribution is 7.13. The predicted molar refractivity (Wildman–Crippen MR) is 123 cm³/mol. The molecule has 0 radical (unpaired) electrons. The van der Waals surface area contributed by atoms with Gasteiger partial charge in [-0.2, -0.15) is 0 Å². The molecule has 2 aromatic carbocycles. The lowest BCUT2D eigenvalue weighted by atomic mass is 10.2. The zero-order chi connectivity index (χ0) is 23.4. The van der Waals surface area contributed by atoms with Crippen molar-refractivity contribution >= 4 is 34.8 Å². The van der Waals surface area contributed by atoms with E-state index in [9.17, 15) is 14.4 Å². The summed E-state index contributed by atoms with van der Waals surface area (Å²) in [6, 6.07) is 11.8. The molecule has 0 aliphatic carbocycles. The summed E-state index contributed by atoms with van der Waals surface area (Å²) < 4.78 is 16.3. The van der Waals surface area contributed by atoms with Crippen LogP contribution in [0.3, 0.4) is 0 Å². The Hall–Kier alpha value is -3.72. The molecule has 2 heterocycles. The minimum atomic E-state index is -0.516. The Balaban J connectivity index is 1.39. The van der Waals surface area contributed by atoms with E-state index in [0.29, 0.717) is 35.1 Å². The van der Waals surface area contributed by atoms with Gasteiger partial charge in [-0.25, -0.2) is 9.78 Å². The number of hydrogen-bond donors (Lipinski definition) is 0. The number of carbonyl (C=O) groups excluding carboxylic acids is 3. The van der Waals surface area contributed by atoms with Gasteiger partial charge in [-0.3, -0.25) is 14.5 Å². The second-order valence-corrected chi connectivity index (χ2v) is 8.05. The van der Waals surface area contributed by atoms with E-state index in [1.165, 1.54) is 23.5 Å². The van der Waals surface area contributed by atoms with E-state index in [1.54, 1.807) is 19.2 Å². The summed E-state index contributed by atoms with van der Waals surface area (Å²) in [6.45, 7) is 2.47. The molecule has 0 unspecified atom stereocenters. The summed E-state index contributed by atoms with van der Waals surface area (Å²) in [5, 5.41) is 2.60. The van der Waals surface area contributed by atoms with Gasteiger partial charge in [0.15, 0.2) is 11.5 Å². The molecule has 33 heavy (non-hydrogen) atoms. The number of carbonyl (C=O) groups is 3. The van der Waals surface area contributed by atoms with Gasteiger partial charge in [0, 0.05) is 23.8 Å². The molecule has 0 bridgehead atoms. The van der Waals surface area contributed by atoms with Crippen molar-refractivity contribution in [2.24, 2.45) is 0 Å². The quantitative estimate of drug-likeness (QED) is 0.362. The minimum Gasteiger partial charge on any atom is -0.493 e. The number of hydrogen-bond acceptors (Lipinski definition) is 8. The van der Waals surface area contributed by atoms with Crippen molar-refractivity contribution < 1.29 is 28.6 Å². The number of methoxy groups -OCH3 is 1. The first-order valence-electron chi connectivity index (χ1n) is 10.4. The lowest BCUT2D eigenvalue weighted by Gasteiger charge is -2.13. The van der Waals surface area contributed by atoms with Gasteiger partial charge in [0.05, 0.1) is 30.7 Å². The number of amides is 2. The maximum Gasteiger partial charge on any atom is 0.338 e. The van der Waals surface area contributed by atoms with Gasteiger partial charge in [-0.1, -0.05) is 0 Å². The fraction of sp³-hybridized carbons (Fsp3) is 0.250. The molecular weight excluding hydrogens is 444 g/mol. The molecule has 0 N–H and O–H groups in total. The fourth-order valence-corrected chi connectivity index (χ4v) is 4.22. The van der Waals surface area contributed by atoms with E-state index >= 15 is 0 Å². The standard InChI is InChI=1S/C24H22N2O6S/c1-3-31-19-9-6-16(12-20(19)30-2)23-25-17(14-33-23)13-32-24(29)15-4-7-18(8-5-15)26-21(27)10-11-22(26)28/h4-9,12,14H,3,10-11,13H2,1-2H3. The van der Waals surface area contributed by atoms with Crippen LogP contribution in [0.1, 0.15) is 35.8 Å². The van der Waals surface area contributed by atoms with Crippen molar-refractivity contribution in [3.05, 3.63) is 59.1 Å².